The Morgan fingerprint density at radius 2 is 1.75 bits per heavy atom. The molecule has 0 aromatic heterocycles. The summed E-state index contributed by atoms with van der Waals surface area (Å²) in [6.45, 7) is 7.23. The molecule has 8 heteroatoms. The first-order valence-electron chi connectivity index (χ1n) is 13.3. The van der Waals surface area contributed by atoms with Crippen LogP contribution in [-0.2, 0) is 38.1 Å². The van der Waals surface area contributed by atoms with Crippen molar-refractivity contribution < 1.29 is 38.1 Å². The average molecular weight is 503 g/mol. The quantitative estimate of drug-likeness (QED) is 0.325. The van der Waals surface area contributed by atoms with E-state index in [-0.39, 0.29) is 53.1 Å². The molecule has 0 amide bonds. The minimum Gasteiger partial charge on any atom is -0.469 e. The monoisotopic (exact) mass is 502 g/mol. The highest BCUT2D eigenvalue weighted by Gasteiger charge is 2.71. The molecule has 0 aromatic carbocycles. The predicted octanol–water partition coefficient (Wildman–Crippen LogP) is 3.90. The molecule has 0 aromatic rings. The first-order valence-corrected chi connectivity index (χ1v) is 13.3. The molecule has 36 heavy (non-hydrogen) atoms. The molecule has 1 heterocycles. The summed E-state index contributed by atoms with van der Waals surface area (Å²) in [4.78, 5) is 49.7. The van der Waals surface area contributed by atoms with Gasteiger partial charge in [-0.15, -0.1) is 0 Å². The van der Waals surface area contributed by atoms with Crippen LogP contribution in [0.3, 0.4) is 0 Å². The molecule has 0 bridgehead atoms. The van der Waals surface area contributed by atoms with Crippen molar-refractivity contribution in [2.75, 3.05) is 7.11 Å². The van der Waals surface area contributed by atoms with Gasteiger partial charge < -0.3 is 18.9 Å². The van der Waals surface area contributed by atoms with Crippen LogP contribution in [0.15, 0.2) is 11.6 Å². The van der Waals surface area contributed by atoms with Gasteiger partial charge in [0.25, 0.3) is 0 Å². The largest absolute Gasteiger partial charge is 0.469 e. The summed E-state index contributed by atoms with van der Waals surface area (Å²) in [5.74, 6) is -1.72. The van der Waals surface area contributed by atoms with Crippen LogP contribution in [-0.4, -0.2) is 48.8 Å². The third kappa shape index (κ3) is 3.61. The Bertz CT molecular complexity index is 1020. The van der Waals surface area contributed by atoms with E-state index < -0.39 is 23.0 Å². The molecule has 9 atom stereocenters. The second kappa shape index (κ2) is 8.59. The summed E-state index contributed by atoms with van der Waals surface area (Å²) in [7, 11) is 1.41. The molecule has 1 spiro atoms. The van der Waals surface area contributed by atoms with Crippen molar-refractivity contribution in [2.24, 2.45) is 34.5 Å². The maximum Gasteiger partial charge on any atom is 0.312 e. The molecule has 5 aliphatic rings. The summed E-state index contributed by atoms with van der Waals surface area (Å²) in [5.41, 5.74) is -0.229. The summed E-state index contributed by atoms with van der Waals surface area (Å²) in [6, 6.07) is 0. The second-order valence-corrected chi connectivity index (χ2v) is 12.1. The van der Waals surface area contributed by atoms with Crippen LogP contribution in [0.5, 0.6) is 0 Å². The number of rotatable bonds is 3. The Kier molecular flexibility index (Phi) is 6.03. The molecule has 0 radical (unpaired) electrons. The second-order valence-electron chi connectivity index (χ2n) is 12.1. The zero-order valence-electron chi connectivity index (χ0n) is 22.0. The smallest absolute Gasteiger partial charge is 0.312 e. The number of esters is 4. The lowest BCUT2D eigenvalue weighted by Crippen LogP contribution is -2.62. The van der Waals surface area contributed by atoms with E-state index in [4.69, 9.17) is 18.9 Å². The van der Waals surface area contributed by atoms with Gasteiger partial charge in [0.1, 0.15) is 17.8 Å². The van der Waals surface area contributed by atoms with Crippen molar-refractivity contribution in [3.63, 3.8) is 0 Å². The minimum atomic E-state index is -0.587. The molecule has 1 saturated heterocycles. The molecule has 198 valence electrons. The zero-order valence-corrected chi connectivity index (χ0v) is 22.0. The SMILES string of the molecule is COC(=O)[C@@H]1C=C2C[C@@H](OC(C)=O)CC[C@]2(C)C2C1C1CC[C@@]3(CCC(=O)O3)[C@@]1(C)C[C@H]2OC(C)=O. The Balaban J connectivity index is 1.62. The zero-order chi connectivity index (χ0) is 26.0. The van der Waals surface area contributed by atoms with Crippen molar-refractivity contribution in [1.82, 2.24) is 0 Å². The van der Waals surface area contributed by atoms with Gasteiger partial charge in [-0.1, -0.05) is 25.5 Å². The van der Waals surface area contributed by atoms with Crippen LogP contribution in [0.2, 0.25) is 0 Å². The third-order valence-corrected chi connectivity index (χ3v) is 10.5. The highest BCUT2D eigenvalue weighted by atomic mass is 16.6. The number of hydrogen-bond donors (Lipinski definition) is 0. The van der Waals surface area contributed by atoms with Gasteiger partial charge >= 0.3 is 23.9 Å². The van der Waals surface area contributed by atoms with Crippen LogP contribution in [0.4, 0.5) is 0 Å². The van der Waals surface area contributed by atoms with Gasteiger partial charge in [-0.3, -0.25) is 19.2 Å². The highest BCUT2D eigenvalue weighted by molar-refractivity contribution is 5.76. The molecule has 4 aliphatic carbocycles. The number of fused-ring (bicyclic) bond motifs is 6. The first-order chi connectivity index (χ1) is 16.9. The Morgan fingerprint density at radius 3 is 2.36 bits per heavy atom. The third-order valence-electron chi connectivity index (χ3n) is 10.5. The lowest BCUT2D eigenvalue weighted by Gasteiger charge is -2.62. The van der Waals surface area contributed by atoms with Gasteiger partial charge in [0.05, 0.1) is 13.0 Å². The number of carbonyl (C=O) groups excluding carboxylic acids is 4. The molecule has 3 saturated carbocycles. The molecular weight excluding hydrogens is 464 g/mol. The van der Waals surface area contributed by atoms with E-state index in [1.165, 1.54) is 21.0 Å². The maximum absolute atomic E-state index is 13.3. The van der Waals surface area contributed by atoms with E-state index >= 15 is 0 Å². The molecule has 3 unspecified atom stereocenters. The van der Waals surface area contributed by atoms with Crippen molar-refractivity contribution in [3.8, 4) is 0 Å². The summed E-state index contributed by atoms with van der Waals surface area (Å²) in [5, 5.41) is 0. The summed E-state index contributed by atoms with van der Waals surface area (Å²) in [6.07, 6.45) is 6.71. The maximum atomic E-state index is 13.3. The van der Waals surface area contributed by atoms with E-state index in [9.17, 15) is 19.2 Å². The topological polar surface area (TPSA) is 105 Å². The minimum absolute atomic E-state index is 0.0888. The average Bonchev–Trinajstić information content (AvgIpc) is 3.31. The number of methoxy groups -OCH3 is 1. The lowest BCUT2D eigenvalue weighted by molar-refractivity contribution is -0.204. The molecular formula is C28H38O8. The molecule has 8 nitrogen and oxygen atoms in total. The Labute approximate surface area is 212 Å². The van der Waals surface area contributed by atoms with E-state index in [0.29, 0.717) is 25.7 Å². The van der Waals surface area contributed by atoms with Crippen LogP contribution < -0.4 is 0 Å². The first kappa shape index (κ1) is 25.3. The van der Waals surface area contributed by atoms with E-state index in [1.54, 1.807) is 0 Å². The van der Waals surface area contributed by atoms with E-state index in [0.717, 1.165) is 31.3 Å². The van der Waals surface area contributed by atoms with Gasteiger partial charge in [-0.05, 0) is 55.8 Å². The predicted molar refractivity (Wildman–Crippen MR) is 127 cm³/mol. The standard InChI is InChI=1S/C28H38O8/c1-15(29)34-18-6-9-26(3)17(12-18)13-19(25(32)33-5)23-20-7-10-28(11-8-22(31)36-28)27(20,4)14-21(24(23)26)35-16(2)30/h13,18-21,23-24H,6-12,14H2,1-5H3/t18-,19+,20?,21+,23?,24?,26-,27-,28+/m0/s1. The number of ether oxygens (including phenoxy) is 4. The molecule has 0 N–H and O–H groups in total. The number of carbonyl (C=O) groups is 4. The van der Waals surface area contributed by atoms with Gasteiger partial charge in [-0.25, -0.2) is 0 Å². The van der Waals surface area contributed by atoms with Gasteiger partial charge in [0, 0.05) is 38.0 Å². The van der Waals surface area contributed by atoms with Crippen molar-refractivity contribution in [3.05, 3.63) is 11.6 Å². The summed E-state index contributed by atoms with van der Waals surface area (Å²) >= 11 is 0. The summed E-state index contributed by atoms with van der Waals surface area (Å²) < 4.78 is 23.0. The van der Waals surface area contributed by atoms with Crippen LogP contribution >= 0.6 is 0 Å². The Morgan fingerprint density at radius 1 is 1.03 bits per heavy atom. The van der Waals surface area contributed by atoms with Crippen LogP contribution in [0, 0.1) is 34.5 Å². The Hall–Kier alpha value is -2.38. The molecule has 1 aliphatic heterocycles. The normalized spacial score (nSPS) is 45.0. The lowest BCUT2D eigenvalue weighted by atomic mass is 9.44. The molecule has 4 fully saturated rings. The molecule has 5 rings (SSSR count). The fraction of sp³-hybridized carbons (Fsp3) is 0.786. The van der Waals surface area contributed by atoms with Crippen molar-refractivity contribution in [1.29, 1.82) is 0 Å². The van der Waals surface area contributed by atoms with E-state index in [1.807, 2.05) is 0 Å². The van der Waals surface area contributed by atoms with E-state index in [2.05, 4.69) is 19.9 Å². The van der Waals surface area contributed by atoms with Crippen LogP contribution in [0.1, 0.15) is 79.1 Å². The van der Waals surface area contributed by atoms with Crippen LogP contribution in [0.25, 0.3) is 0 Å². The van der Waals surface area contributed by atoms with Gasteiger partial charge in [0.2, 0.25) is 0 Å². The fourth-order valence-corrected chi connectivity index (χ4v) is 9.03. The van der Waals surface area contributed by atoms with Gasteiger partial charge in [-0.2, -0.15) is 0 Å². The fourth-order valence-electron chi connectivity index (χ4n) is 9.03. The van der Waals surface area contributed by atoms with Crippen molar-refractivity contribution >= 4 is 23.9 Å². The number of hydrogen-bond acceptors (Lipinski definition) is 8. The highest BCUT2D eigenvalue weighted by Crippen LogP contribution is 2.70. The van der Waals surface area contributed by atoms with Crippen molar-refractivity contribution in [2.45, 2.75) is 96.9 Å². The van der Waals surface area contributed by atoms with Gasteiger partial charge in [0.15, 0.2) is 0 Å².